The van der Waals surface area contributed by atoms with E-state index >= 15 is 0 Å². The lowest BCUT2D eigenvalue weighted by molar-refractivity contribution is 0.453. The van der Waals surface area contributed by atoms with Crippen molar-refractivity contribution in [2.24, 2.45) is 0 Å². The standard InChI is InChI=1S/C15H15BrClFN2O/c1-9(2)19-8-14-13(17)3-4-15(20-14)21-12-6-10(16)5-11(18)7-12/h3-7,9,19H,8H2,1-2H3. The highest BCUT2D eigenvalue weighted by Crippen LogP contribution is 2.26. The zero-order chi connectivity index (χ0) is 15.4. The van der Waals surface area contributed by atoms with Crippen molar-refractivity contribution in [1.82, 2.24) is 10.3 Å². The normalized spacial score (nSPS) is 11.0. The van der Waals surface area contributed by atoms with Gasteiger partial charge in [-0.2, -0.15) is 0 Å². The van der Waals surface area contributed by atoms with Gasteiger partial charge in [0, 0.05) is 29.2 Å². The largest absolute Gasteiger partial charge is 0.439 e. The Labute approximate surface area is 136 Å². The first-order valence-corrected chi connectivity index (χ1v) is 7.64. The molecule has 0 aliphatic carbocycles. The minimum atomic E-state index is -0.380. The van der Waals surface area contributed by atoms with Crippen LogP contribution < -0.4 is 10.1 Å². The fraction of sp³-hybridized carbons (Fsp3) is 0.267. The zero-order valence-electron chi connectivity index (χ0n) is 11.7. The SMILES string of the molecule is CC(C)NCc1nc(Oc2cc(F)cc(Br)c2)ccc1Cl. The van der Waals surface area contributed by atoms with E-state index in [-0.39, 0.29) is 5.82 Å². The van der Waals surface area contributed by atoms with Crippen molar-refractivity contribution in [2.45, 2.75) is 26.4 Å². The number of hydrogen-bond donors (Lipinski definition) is 1. The third-order valence-corrected chi connectivity index (χ3v) is 3.43. The van der Waals surface area contributed by atoms with E-state index in [1.54, 1.807) is 18.2 Å². The zero-order valence-corrected chi connectivity index (χ0v) is 14.0. The van der Waals surface area contributed by atoms with E-state index in [2.05, 4.69) is 26.2 Å². The summed E-state index contributed by atoms with van der Waals surface area (Å²) in [6.07, 6.45) is 0. The van der Waals surface area contributed by atoms with Gasteiger partial charge in [0.1, 0.15) is 11.6 Å². The van der Waals surface area contributed by atoms with Crippen molar-refractivity contribution < 1.29 is 9.13 Å². The summed E-state index contributed by atoms with van der Waals surface area (Å²) >= 11 is 9.33. The molecule has 0 bridgehead atoms. The third-order valence-electron chi connectivity index (χ3n) is 2.63. The molecule has 1 N–H and O–H groups in total. The lowest BCUT2D eigenvalue weighted by Crippen LogP contribution is -2.22. The van der Waals surface area contributed by atoms with Crippen LogP contribution in [-0.2, 0) is 6.54 Å². The van der Waals surface area contributed by atoms with E-state index in [4.69, 9.17) is 16.3 Å². The molecule has 0 amide bonds. The molecule has 3 nitrogen and oxygen atoms in total. The maximum Gasteiger partial charge on any atom is 0.219 e. The van der Waals surface area contributed by atoms with Gasteiger partial charge in [-0.3, -0.25) is 0 Å². The molecule has 0 radical (unpaired) electrons. The summed E-state index contributed by atoms with van der Waals surface area (Å²) in [4.78, 5) is 4.34. The fourth-order valence-corrected chi connectivity index (χ4v) is 2.27. The quantitative estimate of drug-likeness (QED) is 0.807. The number of nitrogens with one attached hydrogen (secondary N) is 1. The molecule has 21 heavy (non-hydrogen) atoms. The first kappa shape index (κ1) is 16.2. The first-order chi connectivity index (χ1) is 9.94. The van der Waals surface area contributed by atoms with Crippen LogP contribution in [0.25, 0.3) is 0 Å². The first-order valence-electron chi connectivity index (χ1n) is 6.47. The predicted molar refractivity (Wildman–Crippen MR) is 85.4 cm³/mol. The van der Waals surface area contributed by atoms with Gasteiger partial charge in [0.25, 0.3) is 0 Å². The van der Waals surface area contributed by atoms with E-state index in [9.17, 15) is 4.39 Å². The van der Waals surface area contributed by atoms with E-state index in [1.165, 1.54) is 12.1 Å². The summed E-state index contributed by atoms with van der Waals surface area (Å²) in [6, 6.07) is 8.03. The topological polar surface area (TPSA) is 34.2 Å². The van der Waals surface area contributed by atoms with Crippen LogP contribution in [0.1, 0.15) is 19.5 Å². The van der Waals surface area contributed by atoms with Gasteiger partial charge in [-0.25, -0.2) is 9.37 Å². The monoisotopic (exact) mass is 372 g/mol. The lowest BCUT2D eigenvalue weighted by Gasteiger charge is -2.11. The summed E-state index contributed by atoms with van der Waals surface area (Å²) in [5.41, 5.74) is 0.693. The molecule has 0 aliphatic heterocycles. The Hall–Kier alpha value is -1.17. The molecule has 0 saturated heterocycles. The van der Waals surface area contributed by atoms with Gasteiger partial charge in [0.05, 0.1) is 10.7 Å². The molecular weight excluding hydrogens is 359 g/mol. The molecule has 0 fully saturated rings. The molecule has 0 spiro atoms. The summed E-state index contributed by atoms with van der Waals surface area (Å²) in [5, 5.41) is 3.81. The van der Waals surface area contributed by atoms with Crippen LogP contribution >= 0.6 is 27.5 Å². The van der Waals surface area contributed by atoms with Gasteiger partial charge in [-0.1, -0.05) is 41.4 Å². The third kappa shape index (κ3) is 4.95. The average Bonchev–Trinajstić information content (AvgIpc) is 2.38. The second-order valence-electron chi connectivity index (χ2n) is 4.82. The summed E-state index contributed by atoms with van der Waals surface area (Å²) in [5.74, 6) is 0.368. The molecular formula is C15H15BrClFN2O. The van der Waals surface area contributed by atoms with Crippen LogP contribution in [0.15, 0.2) is 34.8 Å². The van der Waals surface area contributed by atoms with Gasteiger partial charge >= 0.3 is 0 Å². The highest BCUT2D eigenvalue weighted by atomic mass is 79.9. The molecule has 2 aromatic rings. The second kappa shape index (κ2) is 7.20. The lowest BCUT2D eigenvalue weighted by atomic mass is 10.3. The second-order valence-corrected chi connectivity index (χ2v) is 6.14. The van der Waals surface area contributed by atoms with Crippen molar-refractivity contribution in [1.29, 1.82) is 0 Å². The molecule has 112 valence electrons. The minimum absolute atomic E-state index is 0.326. The Bertz CT molecular complexity index is 617. The Balaban J connectivity index is 2.18. The van der Waals surface area contributed by atoms with Gasteiger partial charge in [-0.05, 0) is 18.2 Å². The number of rotatable bonds is 5. The highest BCUT2D eigenvalue weighted by Gasteiger charge is 2.08. The van der Waals surface area contributed by atoms with Crippen LogP contribution in [-0.4, -0.2) is 11.0 Å². The van der Waals surface area contributed by atoms with E-state index in [0.29, 0.717) is 39.4 Å². The number of benzene rings is 1. The van der Waals surface area contributed by atoms with Crippen molar-refractivity contribution >= 4 is 27.5 Å². The predicted octanol–water partition coefficient (Wildman–Crippen LogP) is 4.93. The smallest absolute Gasteiger partial charge is 0.219 e. The summed E-state index contributed by atoms with van der Waals surface area (Å²) < 4.78 is 19.5. The van der Waals surface area contributed by atoms with Crippen LogP contribution in [0, 0.1) is 5.82 Å². The minimum Gasteiger partial charge on any atom is -0.439 e. The van der Waals surface area contributed by atoms with Gasteiger partial charge in [-0.15, -0.1) is 0 Å². The number of nitrogens with zero attached hydrogens (tertiary/aromatic N) is 1. The Kier molecular flexibility index (Phi) is 5.56. The van der Waals surface area contributed by atoms with Crippen LogP contribution in [0.2, 0.25) is 5.02 Å². The van der Waals surface area contributed by atoms with E-state index < -0.39 is 0 Å². The number of aromatic nitrogens is 1. The van der Waals surface area contributed by atoms with Gasteiger partial charge < -0.3 is 10.1 Å². The highest BCUT2D eigenvalue weighted by molar-refractivity contribution is 9.10. The Morgan fingerprint density at radius 1 is 1.33 bits per heavy atom. The fourth-order valence-electron chi connectivity index (χ4n) is 1.65. The average molecular weight is 374 g/mol. The van der Waals surface area contributed by atoms with Crippen molar-refractivity contribution in [3.05, 3.63) is 51.3 Å². The molecule has 2 rings (SSSR count). The van der Waals surface area contributed by atoms with Crippen molar-refractivity contribution in [2.75, 3.05) is 0 Å². The molecule has 0 saturated carbocycles. The summed E-state index contributed by atoms with van der Waals surface area (Å²) in [6.45, 7) is 4.62. The summed E-state index contributed by atoms with van der Waals surface area (Å²) in [7, 11) is 0. The number of ether oxygens (including phenoxy) is 1. The maximum absolute atomic E-state index is 13.3. The van der Waals surface area contributed by atoms with Crippen molar-refractivity contribution in [3.63, 3.8) is 0 Å². The molecule has 0 atom stereocenters. The van der Waals surface area contributed by atoms with Gasteiger partial charge in [0.2, 0.25) is 5.88 Å². The number of hydrogen-bond acceptors (Lipinski definition) is 3. The molecule has 6 heteroatoms. The van der Waals surface area contributed by atoms with Gasteiger partial charge in [0.15, 0.2) is 0 Å². The molecule has 0 unspecified atom stereocenters. The Morgan fingerprint density at radius 3 is 2.76 bits per heavy atom. The van der Waals surface area contributed by atoms with Crippen molar-refractivity contribution in [3.8, 4) is 11.6 Å². The van der Waals surface area contributed by atoms with Crippen LogP contribution in [0.3, 0.4) is 0 Å². The number of halogens is 3. The molecule has 1 aromatic heterocycles. The van der Waals surface area contributed by atoms with Crippen LogP contribution in [0.4, 0.5) is 4.39 Å². The number of pyridine rings is 1. The molecule has 0 aliphatic rings. The van der Waals surface area contributed by atoms with Crippen LogP contribution in [0.5, 0.6) is 11.6 Å². The molecule has 1 aromatic carbocycles. The maximum atomic E-state index is 13.3. The Morgan fingerprint density at radius 2 is 2.10 bits per heavy atom. The van der Waals surface area contributed by atoms with E-state index in [1.807, 2.05) is 13.8 Å². The van der Waals surface area contributed by atoms with E-state index in [0.717, 1.165) is 0 Å². The molecule has 1 heterocycles.